The maximum absolute atomic E-state index is 7.38. The number of nitrogens with zero attached hydrogens (tertiary/aromatic N) is 6. The lowest BCUT2D eigenvalue weighted by atomic mass is 9.87. The molecule has 2 fully saturated rings. The minimum Gasteiger partial charge on any atom is -0.462 e. The zero-order valence-corrected chi connectivity index (χ0v) is 22.6. The normalized spacial score (nSPS) is 26.1. The molecule has 0 saturated carbocycles. The number of likely N-dealkylation sites (N-methyl/N-ethyl adjacent to an activating group) is 1. The Kier molecular flexibility index (Phi) is 7.25. The van der Waals surface area contributed by atoms with Gasteiger partial charge in [0.2, 0.25) is 6.54 Å². The summed E-state index contributed by atoms with van der Waals surface area (Å²) in [6, 6.07) is 7.57. The third-order valence-electron chi connectivity index (χ3n) is 8.85. The second kappa shape index (κ2) is 10.8. The van der Waals surface area contributed by atoms with Crippen molar-refractivity contribution in [1.29, 1.82) is 0 Å². The van der Waals surface area contributed by atoms with Gasteiger partial charge in [-0.25, -0.2) is 6.57 Å². The first kappa shape index (κ1) is 24.9. The van der Waals surface area contributed by atoms with Gasteiger partial charge in [0.1, 0.15) is 12.4 Å². The van der Waals surface area contributed by atoms with E-state index in [9.17, 15) is 0 Å². The van der Waals surface area contributed by atoms with Crippen LogP contribution in [0.2, 0.25) is 5.02 Å². The van der Waals surface area contributed by atoms with Crippen LogP contribution in [0, 0.1) is 12.5 Å². The van der Waals surface area contributed by atoms with Gasteiger partial charge < -0.3 is 19.4 Å². The average Bonchev–Trinajstić information content (AvgIpc) is 3.53. The van der Waals surface area contributed by atoms with Crippen molar-refractivity contribution in [2.24, 2.45) is 5.92 Å². The summed E-state index contributed by atoms with van der Waals surface area (Å²) in [5, 5.41) is 0.882. The molecule has 1 aliphatic carbocycles. The molecule has 0 amide bonds. The van der Waals surface area contributed by atoms with Crippen LogP contribution in [0.1, 0.15) is 67.0 Å². The van der Waals surface area contributed by atoms with E-state index in [4.69, 9.17) is 32.9 Å². The maximum Gasteiger partial charge on any atom is 0.318 e. The molecule has 1 unspecified atom stereocenters. The van der Waals surface area contributed by atoms with Gasteiger partial charge in [0.05, 0.1) is 5.69 Å². The predicted molar refractivity (Wildman–Crippen MR) is 146 cm³/mol. The Morgan fingerprint density at radius 1 is 1.11 bits per heavy atom. The number of hydrogen-bond donors (Lipinski definition) is 0. The van der Waals surface area contributed by atoms with Gasteiger partial charge in [0.15, 0.2) is 0 Å². The quantitative estimate of drug-likeness (QED) is 0.492. The standard InChI is InChI=1S/C29H37ClN6O/c1-31-15-20-7-5-14-35(16-20)28-23-17-36(26-12-4-9-21-8-3-11-24(30)27(21)26)18-25(23)32-29(33-28)37-19-22-10-6-13-34(22)2/h3,8,11,20,22,26H,4-7,9-10,12-19H2,2H3/t20-,22-,26?/m0/s1. The van der Waals surface area contributed by atoms with E-state index in [2.05, 4.69) is 38.7 Å². The van der Waals surface area contributed by atoms with Crippen molar-refractivity contribution < 1.29 is 4.74 Å². The summed E-state index contributed by atoms with van der Waals surface area (Å²) >= 11 is 6.75. The Labute approximate surface area is 225 Å². The lowest BCUT2D eigenvalue weighted by molar-refractivity contribution is 0.178. The first-order chi connectivity index (χ1) is 18.1. The number of fused-ring (bicyclic) bond motifs is 2. The fourth-order valence-electron chi connectivity index (χ4n) is 6.85. The number of anilines is 1. The van der Waals surface area contributed by atoms with E-state index in [0.717, 1.165) is 81.4 Å². The highest BCUT2D eigenvalue weighted by molar-refractivity contribution is 6.31. The van der Waals surface area contributed by atoms with Crippen molar-refractivity contribution in [2.75, 3.05) is 44.7 Å². The largest absolute Gasteiger partial charge is 0.462 e. The number of benzene rings is 1. The maximum atomic E-state index is 7.38. The van der Waals surface area contributed by atoms with E-state index in [-0.39, 0.29) is 0 Å². The summed E-state index contributed by atoms with van der Waals surface area (Å²) in [5.41, 5.74) is 5.00. The summed E-state index contributed by atoms with van der Waals surface area (Å²) in [6.07, 6.45) is 7.98. The number of likely N-dealkylation sites (tertiary alicyclic amines) is 1. The van der Waals surface area contributed by atoms with Crippen molar-refractivity contribution in [2.45, 2.75) is 70.1 Å². The Morgan fingerprint density at radius 2 is 2.00 bits per heavy atom. The summed E-state index contributed by atoms with van der Waals surface area (Å²) in [5.74, 6) is 1.42. The van der Waals surface area contributed by atoms with Crippen LogP contribution in [0.3, 0.4) is 0 Å². The average molecular weight is 521 g/mol. The van der Waals surface area contributed by atoms with Crippen molar-refractivity contribution in [3.63, 3.8) is 0 Å². The molecule has 4 heterocycles. The second-order valence-electron chi connectivity index (χ2n) is 11.3. The highest BCUT2D eigenvalue weighted by Crippen LogP contribution is 2.43. The molecule has 1 aromatic carbocycles. The summed E-state index contributed by atoms with van der Waals surface area (Å²) in [4.78, 5) is 21.0. The van der Waals surface area contributed by atoms with Crippen molar-refractivity contribution in [1.82, 2.24) is 19.8 Å². The zero-order valence-electron chi connectivity index (χ0n) is 21.8. The van der Waals surface area contributed by atoms with Crippen LogP contribution in [0.15, 0.2) is 18.2 Å². The van der Waals surface area contributed by atoms with Gasteiger partial charge in [-0.05, 0) is 75.7 Å². The number of aromatic nitrogens is 2. The molecule has 37 heavy (non-hydrogen) atoms. The highest BCUT2D eigenvalue weighted by Gasteiger charge is 2.36. The van der Waals surface area contributed by atoms with Gasteiger partial charge in [-0.15, -0.1) is 0 Å². The van der Waals surface area contributed by atoms with Crippen LogP contribution in [-0.2, 0) is 19.5 Å². The third-order valence-corrected chi connectivity index (χ3v) is 9.18. The molecule has 196 valence electrons. The molecule has 1 aromatic heterocycles. The fourth-order valence-corrected chi connectivity index (χ4v) is 7.17. The van der Waals surface area contributed by atoms with E-state index in [1.165, 1.54) is 29.5 Å². The van der Waals surface area contributed by atoms with Gasteiger partial charge in [-0.2, -0.15) is 9.97 Å². The zero-order chi connectivity index (χ0) is 25.4. The van der Waals surface area contributed by atoms with Crippen LogP contribution in [0.25, 0.3) is 4.85 Å². The first-order valence-corrected chi connectivity index (χ1v) is 14.3. The summed E-state index contributed by atoms with van der Waals surface area (Å²) < 4.78 is 6.27. The monoisotopic (exact) mass is 520 g/mol. The minimum atomic E-state index is 0.298. The van der Waals surface area contributed by atoms with E-state index in [1.54, 1.807) is 0 Å². The van der Waals surface area contributed by atoms with Gasteiger partial charge in [-0.3, -0.25) is 4.90 Å². The Bertz CT molecular complexity index is 1180. The molecule has 3 atom stereocenters. The van der Waals surface area contributed by atoms with Gasteiger partial charge in [0.25, 0.3) is 0 Å². The van der Waals surface area contributed by atoms with E-state index in [0.29, 0.717) is 37.2 Å². The van der Waals surface area contributed by atoms with Crippen LogP contribution in [0.4, 0.5) is 5.82 Å². The number of piperidine rings is 1. The minimum absolute atomic E-state index is 0.298. The second-order valence-corrected chi connectivity index (χ2v) is 11.7. The molecule has 0 N–H and O–H groups in total. The number of halogens is 1. The molecule has 3 aliphatic heterocycles. The van der Waals surface area contributed by atoms with Crippen molar-refractivity contribution >= 4 is 17.4 Å². The van der Waals surface area contributed by atoms with Crippen molar-refractivity contribution in [3.8, 4) is 6.01 Å². The molecule has 0 spiro atoms. The van der Waals surface area contributed by atoms with Gasteiger partial charge in [0, 0.05) is 54.8 Å². The molecule has 2 aromatic rings. The Hall–Kier alpha value is -2.40. The Balaban J connectivity index is 1.30. The summed E-state index contributed by atoms with van der Waals surface area (Å²) in [7, 11) is 2.17. The lowest BCUT2D eigenvalue weighted by Crippen LogP contribution is -2.38. The number of hydrogen-bond acceptors (Lipinski definition) is 6. The van der Waals surface area contributed by atoms with Gasteiger partial charge in [-0.1, -0.05) is 23.7 Å². The number of rotatable bonds is 6. The number of aryl methyl sites for hydroxylation is 1. The molecule has 8 heteroatoms. The van der Waals surface area contributed by atoms with Gasteiger partial charge >= 0.3 is 6.01 Å². The lowest BCUT2D eigenvalue weighted by Gasteiger charge is -2.34. The van der Waals surface area contributed by atoms with Crippen LogP contribution >= 0.6 is 11.6 Å². The van der Waals surface area contributed by atoms with Crippen molar-refractivity contribution in [3.05, 3.63) is 57.0 Å². The molecule has 4 aliphatic rings. The Morgan fingerprint density at radius 3 is 2.84 bits per heavy atom. The molecule has 6 rings (SSSR count). The van der Waals surface area contributed by atoms with Crippen LogP contribution in [-0.4, -0.2) is 65.6 Å². The predicted octanol–water partition coefficient (Wildman–Crippen LogP) is 5.13. The molecular weight excluding hydrogens is 484 g/mol. The van der Waals surface area contributed by atoms with Crippen LogP contribution in [0.5, 0.6) is 6.01 Å². The molecule has 0 bridgehead atoms. The molecular formula is C29H37ClN6O. The first-order valence-electron chi connectivity index (χ1n) is 13.9. The molecule has 7 nitrogen and oxygen atoms in total. The highest BCUT2D eigenvalue weighted by atomic mass is 35.5. The topological polar surface area (TPSA) is 49.1 Å². The van der Waals surface area contributed by atoms with E-state index < -0.39 is 0 Å². The van der Waals surface area contributed by atoms with Crippen LogP contribution < -0.4 is 9.64 Å². The summed E-state index contributed by atoms with van der Waals surface area (Å²) in [6.45, 7) is 13.2. The smallest absolute Gasteiger partial charge is 0.318 e. The fraction of sp³-hybridized carbons (Fsp3) is 0.621. The number of ether oxygens (including phenoxy) is 1. The van der Waals surface area contributed by atoms with E-state index in [1.807, 2.05) is 6.07 Å². The third kappa shape index (κ3) is 5.04. The molecule has 0 radical (unpaired) electrons. The molecule has 2 saturated heterocycles. The SMILES string of the molecule is [C-]#[N+]C[C@@H]1CCCN(c2nc(OC[C@@H]3CCCN3C)nc3c2CN(C2CCCc4cccc(Cl)c42)C3)C1. The van der Waals surface area contributed by atoms with E-state index >= 15 is 0 Å².